The van der Waals surface area contributed by atoms with Crippen LogP contribution >= 0.6 is 11.8 Å². The number of para-hydroxylation sites is 1. The first-order valence-electron chi connectivity index (χ1n) is 5.14. The van der Waals surface area contributed by atoms with E-state index in [0.29, 0.717) is 17.4 Å². The van der Waals surface area contributed by atoms with Crippen molar-refractivity contribution in [3.8, 4) is 0 Å². The molecular formula is C13H9F2NOS. The predicted octanol–water partition coefficient (Wildman–Crippen LogP) is 4.29. The van der Waals surface area contributed by atoms with E-state index in [0.717, 1.165) is 12.1 Å². The van der Waals surface area contributed by atoms with Crippen molar-refractivity contribution in [3.05, 3.63) is 60.2 Å². The number of halogens is 2. The van der Waals surface area contributed by atoms with Crippen molar-refractivity contribution in [2.45, 2.75) is 4.90 Å². The first-order chi connectivity index (χ1) is 8.65. The molecule has 2 rings (SSSR count). The minimum Gasteiger partial charge on any atom is -0.317 e. The minimum absolute atomic E-state index is 0.0878. The molecule has 2 nitrogen and oxygen atoms in total. The van der Waals surface area contributed by atoms with E-state index in [1.807, 2.05) is 6.07 Å². The lowest BCUT2D eigenvalue weighted by molar-refractivity contribution is 0.269. The van der Waals surface area contributed by atoms with Crippen molar-refractivity contribution in [3.63, 3.8) is 0 Å². The van der Waals surface area contributed by atoms with Crippen LogP contribution in [0.5, 0.6) is 0 Å². The lowest BCUT2D eigenvalue weighted by Crippen LogP contribution is -2.04. The lowest BCUT2D eigenvalue weighted by atomic mass is 10.3. The highest BCUT2D eigenvalue weighted by atomic mass is 32.2. The van der Waals surface area contributed by atoms with Crippen LogP contribution in [-0.2, 0) is 0 Å². The van der Waals surface area contributed by atoms with Gasteiger partial charge in [-0.2, -0.15) is 0 Å². The van der Waals surface area contributed by atoms with E-state index in [1.54, 1.807) is 24.3 Å². The van der Waals surface area contributed by atoms with Crippen molar-refractivity contribution in [2.75, 3.05) is 5.32 Å². The van der Waals surface area contributed by atoms with Gasteiger partial charge in [0.05, 0.1) is 4.90 Å². The Kier molecular flexibility index (Phi) is 3.94. The van der Waals surface area contributed by atoms with E-state index in [4.69, 9.17) is 0 Å². The average Bonchev–Trinajstić information content (AvgIpc) is 2.34. The monoisotopic (exact) mass is 265 g/mol. The Bertz CT molecular complexity index is 560. The highest BCUT2D eigenvalue weighted by Gasteiger charge is 2.10. The fourth-order valence-corrected chi connectivity index (χ4v) is 1.98. The number of carbonyl (C=O) groups is 1. The summed E-state index contributed by atoms with van der Waals surface area (Å²) in [5.74, 6) is -1.41. The second-order valence-corrected chi connectivity index (χ2v) is 4.47. The Morgan fingerprint density at radius 3 is 2.44 bits per heavy atom. The van der Waals surface area contributed by atoms with E-state index in [2.05, 4.69) is 5.32 Å². The van der Waals surface area contributed by atoms with Gasteiger partial charge in [-0.05, 0) is 36.0 Å². The average molecular weight is 265 g/mol. The number of benzene rings is 2. The van der Waals surface area contributed by atoms with Crippen LogP contribution in [0.3, 0.4) is 0 Å². The molecule has 2 aromatic carbocycles. The minimum atomic E-state index is -0.747. The molecule has 1 amide bonds. The van der Waals surface area contributed by atoms with E-state index in [-0.39, 0.29) is 4.90 Å². The molecule has 1 N–H and O–H groups in total. The molecule has 0 aliphatic rings. The zero-order valence-electron chi connectivity index (χ0n) is 9.19. The third-order valence-electron chi connectivity index (χ3n) is 2.12. The molecule has 0 fully saturated rings. The first-order valence-corrected chi connectivity index (χ1v) is 5.96. The molecule has 0 heterocycles. The Morgan fingerprint density at radius 2 is 1.78 bits per heavy atom. The van der Waals surface area contributed by atoms with Crippen molar-refractivity contribution in [1.82, 2.24) is 0 Å². The van der Waals surface area contributed by atoms with Crippen molar-refractivity contribution in [1.29, 1.82) is 0 Å². The number of hydrogen-bond acceptors (Lipinski definition) is 2. The van der Waals surface area contributed by atoms with Gasteiger partial charge in [-0.3, -0.25) is 4.79 Å². The van der Waals surface area contributed by atoms with Crippen LogP contribution in [0.4, 0.5) is 19.3 Å². The van der Waals surface area contributed by atoms with Gasteiger partial charge in [-0.1, -0.05) is 18.2 Å². The molecule has 5 heteroatoms. The van der Waals surface area contributed by atoms with Gasteiger partial charge >= 0.3 is 0 Å². The number of nitrogens with one attached hydrogen (secondary N) is 1. The molecule has 92 valence electrons. The second-order valence-electron chi connectivity index (χ2n) is 3.46. The third-order valence-corrected chi connectivity index (χ3v) is 2.96. The Balaban J connectivity index is 2.03. The largest absolute Gasteiger partial charge is 0.317 e. The van der Waals surface area contributed by atoms with Gasteiger partial charge < -0.3 is 5.32 Å². The summed E-state index contributed by atoms with van der Waals surface area (Å²) in [5, 5.41) is 2.17. The maximum Gasteiger partial charge on any atom is 0.288 e. The van der Waals surface area contributed by atoms with E-state index < -0.39 is 16.9 Å². The van der Waals surface area contributed by atoms with Gasteiger partial charge in [0, 0.05) is 11.8 Å². The molecule has 18 heavy (non-hydrogen) atoms. The Hall–Kier alpha value is -1.88. The van der Waals surface area contributed by atoms with Crippen molar-refractivity contribution >= 4 is 22.7 Å². The zero-order chi connectivity index (χ0) is 13.0. The molecule has 0 radical (unpaired) electrons. The number of anilines is 1. The first kappa shape index (κ1) is 12.6. The molecule has 0 bridgehead atoms. The van der Waals surface area contributed by atoms with Crippen molar-refractivity contribution in [2.24, 2.45) is 0 Å². The SMILES string of the molecule is O=C(Nc1ccccc1)Sc1ccc(F)cc1F. The van der Waals surface area contributed by atoms with Crippen LogP contribution in [0.2, 0.25) is 0 Å². The Morgan fingerprint density at radius 1 is 1.06 bits per heavy atom. The molecule has 0 aliphatic heterocycles. The second kappa shape index (κ2) is 5.64. The molecule has 0 saturated heterocycles. The predicted molar refractivity (Wildman–Crippen MR) is 67.7 cm³/mol. The molecule has 0 spiro atoms. The van der Waals surface area contributed by atoms with Gasteiger partial charge in [-0.25, -0.2) is 8.78 Å². The van der Waals surface area contributed by atoms with Crippen LogP contribution in [0.15, 0.2) is 53.4 Å². The van der Waals surface area contributed by atoms with Gasteiger partial charge in [0.25, 0.3) is 5.24 Å². The third kappa shape index (κ3) is 3.30. The Labute approximate surface area is 107 Å². The molecule has 0 saturated carbocycles. The lowest BCUT2D eigenvalue weighted by Gasteiger charge is -2.05. The van der Waals surface area contributed by atoms with Crippen LogP contribution in [0.1, 0.15) is 0 Å². The fraction of sp³-hybridized carbons (Fsp3) is 0. The normalized spacial score (nSPS) is 10.1. The summed E-state index contributed by atoms with van der Waals surface area (Å²) in [6, 6.07) is 11.9. The maximum atomic E-state index is 13.3. The van der Waals surface area contributed by atoms with Crippen molar-refractivity contribution < 1.29 is 13.6 Å². The maximum absolute atomic E-state index is 13.3. The summed E-state index contributed by atoms with van der Waals surface area (Å²) in [6.45, 7) is 0. The smallest absolute Gasteiger partial charge is 0.288 e. The number of carbonyl (C=O) groups excluding carboxylic acids is 1. The number of rotatable bonds is 2. The van der Waals surface area contributed by atoms with Gasteiger partial charge in [0.1, 0.15) is 11.6 Å². The van der Waals surface area contributed by atoms with Gasteiger partial charge in [-0.15, -0.1) is 0 Å². The highest BCUT2D eigenvalue weighted by molar-refractivity contribution is 8.13. The summed E-state index contributed by atoms with van der Waals surface area (Å²) in [5.41, 5.74) is 0.623. The van der Waals surface area contributed by atoms with E-state index in [1.165, 1.54) is 6.07 Å². The molecule has 0 aliphatic carbocycles. The van der Waals surface area contributed by atoms with Crippen LogP contribution in [0, 0.1) is 11.6 Å². The molecule has 0 atom stereocenters. The standard InChI is InChI=1S/C13H9F2NOS/c14-9-6-7-12(11(15)8-9)18-13(17)16-10-4-2-1-3-5-10/h1-8H,(H,16,17). The topological polar surface area (TPSA) is 29.1 Å². The number of thioether (sulfide) groups is 1. The summed E-state index contributed by atoms with van der Waals surface area (Å²) < 4.78 is 26.0. The van der Waals surface area contributed by atoms with Crippen LogP contribution < -0.4 is 5.32 Å². The number of amides is 1. The van der Waals surface area contributed by atoms with Gasteiger partial charge in [0.15, 0.2) is 0 Å². The quantitative estimate of drug-likeness (QED) is 0.821. The summed E-state index contributed by atoms with van der Waals surface area (Å²) >= 11 is 0.682. The fourth-order valence-electron chi connectivity index (χ4n) is 1.32. The highest BCUT2D eigenvalue weighted by Crippen LogP contribution is 2.24. The van der Waals surface area contributed by atoms with Crippen LogP contribution in [-0.4, -0.2) is 5.24 Å². The van der Waals surface area contributed by atoms with E-state index >= 15 is 0 Å². The summed E-state index contributed by atoms with van der Waals surface area (Å²) in [7, 11) is 0. The molecule has 0 aromatic heterocycles. The zero-order valence-corrected chi connectivity index (χ0v) is 10.0. The summed E-state index contributed by atoms with van der Waals surface area (Å²) in [6.07, 6.45) is 0. The molecule has 2 aromatic rings. The molecule has 0 unspecified atom stereocenters. The van der Waals surface area contributed by atoms with Gasteiger partial charge in [0.2, 0.25) is 0 Å². The summed E-state index contributed by atoms with van der Waals surface area (Å²) in [4.78, 5) is 11.7. The number of hydrogen-bond donors (Lipinski definition) is 1. The van der Waals surface area contributed by atoms with Crippen LogP contribution in [0.25, 0.3) is 0 Å². The molecular weight excluding hydrogens is 256 g/mol. The van der Waals surface area contributed by atoms with E-state index in [9.17, 15) is 13.6 Å².